The van der Waals surface area contributed by atoms with Crippen molar-refractivity contribution >= 4 is 5.96 Å². The molecule has 1 fully saturated rings. The molecule has 1 aliphatic heterocycles. The highest BCUT2D eigenvalue weighted by Gasteiger charge is 2.21. The van der Waals surface area contributed by atoms with E-state index in [0.29, 0.717) is 30.6 Å². The summed E-state index contributed by atoms with van der Waals surface area (Å²) in [7, 11) is 1.76. The lowest BCUT2D eigenvalue weighted by molar-refractivity contribution is -0.0284. The molecule has 0 aromatic carbocycles. The smallest absolute Gasteiger partial charge is 0.228 e. The maximum Gasteiger partial charge on any atom is 0.228 e. The van der Waals surface area contributed by atoms with Crippen LogP contribution in [-0.2, 0) is 11.2 Å². The zero-order chi connectivity index (χ0) is 17.4. The van der Waals surface area contributed by atoms with Gasteiger partial charge in [-0.1, -0.05) is 19.0 Å². The van der Waals surface area contributed by atoms with E-state index in [9.17, 15) is 0 Å². The van der Waals surface area contributed by atoms with Crippen LogP contribution in [0.1, 0.15) is 25.6 Å². The number of nitrogens with zero attached hydrogens (tertiary/aromatic N) is 4. The molecule has 0 aliphatic carbocycles. The zero-order valence-corrected chi connectivity index (χ0v) is 15.2. The fourth-order valence-electron chi connectivity index (χ4n) is 2.75. The molecule has 0 amide bonds. The van der Waals surface area contributed by atoms with Crippen LogP contribution in [0.5, 0.6) is 0 Å². The summed E-state index contributed by atoms with van der Waals surface area (Å²) in [4.78, 5) is 10.9. The summed E-state index contributed by atoms with van der Waals surface area (Å²) < 4.78 is 10.9. The number of aryl methyl sites for hydroxylation is 1. The van der Waals surface area contributed by atoms with Gasteiger partial charge >= 0.3 is 0 Å². The molecule has 0 saturated carbocycles. The average Bonchev–Trinajstić information content (AvgIpc) is 2.96. The Kier molecular flexibility index (Phi) is 7.45. The summed E-state index contributed by atoms with van der Waals surface area (Å²) in [5, 5.41) is 10.4. The molecule has 8 nitrogen and oxygen atoms in total. The third kappa shape index (κ3) is 6.45. The maximum atomic E-state index is 5.84. The maximum absolute atomic E-state index is 5.84. The van der Waals surface area contributed by atoms with Crippen molar-refractivity contribution in [1.29, 1.82) is 0 Å². The topological polar surface area (TPSA) is 87.8 Å². The van der Waals surface area contributed by atoms with Crippen LogP contribution < -0.4 is 10.6 Å². The van der Waals surface area contributed by atoms with Crippen LogP contribution in [0.3, 0.4) is 0 Å². The lowest BCUT2D eigenvalue weighted by atomic mass is 10.2. The van der Waals surface area contributed by atoms with Crippen molar-refractivity contribution in [2.45, 2.75) is 33.3 Å². The summed E-state index contributed by atoms with van der Waals surface area (Å²) in [6, 6.07) is 0. The lowest BCUT2D eigenvalue weighted by Crippen LogP contribution is -2.50. The van der Waals surface area contributed by atoms with Gasteiger partial charge in [0.2, 0.25) is 5.89 Å². The number of hydrogen-bond acceptors (Lipinski definition) is 6. The van der Waals surface area contributed by atoms with E-state index < -0.39 is 0 Å². The molecule has 2 rings (SSSR count). The first kappa shape index (κ1) is 18.7. The van der Waals surface area contributed by atoms with Gasteiger partial charge < -0.3 is 19.9 Å². The standard InChI is InChI=1S/C16H30N6O2/c1-12(2)10-22-7-8-23-14(11-22)9-19-16(17-4)18-6-5-15-20-13(3)21-24-15/h12,14H,5-11H2,1-4H3,(H2,17,18,19). The molecule has 0 bridgehead atoms. The fraction of sp³-hybridized carbons (Fsp3) is 0.812. The van der Waals surface area contributed by atoms with Gasteiger partial charge in [-0.05, 0) is 12.8 Å². The lowest BCUT2D eigenvalue weighted by Gasteiger charge is -2.34. The number of morpholine rings is 1. The number of hydrogen-bond donors (Lipinski definition) is 2. The van der Waals surface area contributed by atoms with Crippen molar-refractivity contribution in [2.24, 2.45) is 10.9 Å². The Balaban J connectivity index is 1.67. The minimum Gasteiger partial charge on any atom is -0.374 e. The molecule has 1 aliphatic rings. The summed E-state index contributed by atoms with van der Waals surface area (Å²) in [6.07, 6.45) is 0.860. The minimum absolute atomic E-state index is 0.189. The third-order valence-electron chi connectivity index (χ3n) is 3.77. The van der Waals surface area contributed by atoms with Gasteiger partial charge in [0.1, 0.15) is 0 Å². The minimum atomic E-state index is 0.189. The molecule has 0 spiro atoms. The quantitative estimate of drug-likeness (QED) is 0.551. The van der Waals surface area contributed by atoms with Crippen molar-refractivity contribution in [2.75, 3.05) is 46.4 Å². The second-order valence-electron chi connectivity index (χ2n) is 6.51. The van der Waals surface area contributed by atoms with E-state index in [2.05, 4.69) is 44.5 Å². The van der Waals surface area contributed by atoms with Gasteiger partial charge in [0, 0.05) is 46.2 Å². The number of nitrogens with one attached hydrogen (secondary N) is 2. The Bertz CT molecular complexity index is 516. The van der Waals surface area contributed by atoms with Crippen LogP contribution >= 0.6 is 0 Å². The number of aliphatic imine (C=N–C) groups is 1. The first-order chi connectivity index (χ1) is 11.6. The fourth-order valence-corrected chi connectivity index (χ4v) is 2.75. The molecule has 2 heterocycles. The van der Waals surface area contributed by atoms with E-state index in [0.717, 1.165) is 38.7 Å². The molecule has 1 saturated heterocycles. The van der Waals surface area contributed by atoms with Gasteiger partial charge in [0.05, 0.1) is 12.7 Å². The van der Waals surface area contributed by atoms with Gasteiger partial charge in [0.25, 0.3) is 0 Å². The predicted octanol–water partition coefficient (Wildman–Crippen LogP) is 0.442. The predicted molar refractivity (Wildman–Crippen MR) is 93.1 cm³/mol. The van der Waals surface area contributed by atoms with E-state index in [-0.39, 0.29) is 6.10 Å². The first-order valence-electron chi connectivity index (χ1n) is 8.64. The molecule has 1 atom stereocenters. The second-order valence-corrected chi connectivity index (χ2v) is 6.51. The van der Waals surface area contributed by atoms with E-state index in [1.807, 2.05) is 6.92 Å². The van der Waals surface area contributed by atoms with Crippen molar-refractivity contribution in [3.05, 3.63) is 11.7 Å². The van der Waals surface area contributed by atoms with Gasteiger partial charge in [-0.3, -0.25) is 9.89 Å². The Morgan fingerprint density at radius 3 is 2.92 bits per heavy atom. The molecule has 1 aromatic heterocycles. The van der Waals surface area contributed by atoms with Crippen LogP contribution in [0.4, 0.5) is 0 Å². The van der Waals surface area contributed by atoms with Crippen molar-refractivity contribution in [1.82, 2.24) is 25.7 Å². The van der Waals surface area contributed by atoms with Crippen molar-refractivity contribution in [3.63, 3.8) is 0 Å². The summed E-state index contributed by atoms with van der Waals surface area (Å²) in [6.45, 7) is 11.6. The molecule has 136 valence electrons. The summed E-state index contributed by atoms with van der Waals surface area (Å²) in [5.74, 6) is 2.73. The van der Waals surface area contributed by atoms with Crippen LogP contribution in [0.25, 0.3) is 0 Å². The molecule has 1 unspecified atom stereocenters. The largest absolute Gasteiger partial charge is 0.374 e. The molecule has 2 N–H and O–H groups in total. The highest BCUT2D eigenvalue weighted by Crippen LogP contribution is 2.07. The van der Waals surface area contributed by atoms with Crippen LogP contribution in [0.15, 0.2) is 9.52 Å². The SMILES string of the molecule is CN=C(NCCc1nc(C)no1)NCC1CN(CC(C)C)CCO1. The number of aromatic nitrogens is 2. The number of guanidine groups is 1. The molecule has 8 heteroatoms. The molecule has 1 aromatic rings. The number of rotatable bonds is 7. The van der Waals surface area contributed by atoms with Crippen molar-refractivity contribution in [3.8, 4) is 0 Å². The normalized spacial score (nSPS) is 19.7. The van der Waals surface area contributed by atoms with Crippen LogP contribution in [0.2, 0.25) is 0 Å². The number of ether oxygens (including phenoxy) is 1. The van der Waals surface area contributed by atoms with E-state index in [4.69, 9.17) is 9.26 Å². The highest BCUT2D eigenvalue weighted by molar-refractivity contribution is 5.79. The van der Waals surface area contributed by atoms with Gasteiger partial charge in [-0.25, -0.2) is 0 Å². The molecular formula is C16H30N6O2. The van der Waals surface area contributed by atoms with Gasteiger partial charge in [-0.15, -0.1) is 0 Å². The zero-order valence-electron chi connectivity index (χ0n) is 15.2. The van der Waals surface area contributed by atoms with Gasteiger partial charge in [0.15, 0.2) is 11.8 Å². The Morgan fingerprint density at radius 1 is 1.42 bits per heavy atom. The highest BCUT2D eigenvalue weighted by atomic mass is 16.5. The van der Waals surface area contributed by atoms with Gasteiger partial charge in [-0.2, -0.15) is 4.98 Å². The van der Waals surface area contributed by atoms with Crippen LogP contribution in [-0.4, -0.2) is 73.5 Å². The van der Waals surface area contributed by atoms with E-state index >= 15 is 0 Å². The van der Waals surface area contributed by atoms with Crippen LogP contribution in [0, 0.1) is 12.8 Å². The summed E-state index contributed by atoms with van der Waals surface area (Å²) >= 11 is 0. The Labute approximate surface area is 144 Å². The van der Waals surface area contributed by atoms with E-state index in [1.165, 1.54) is 0 Å². The second kappa shape index (κ2) is 9.58. The van der Waals surface area contributed by atoms with E-state index in [1.54, 1.807) is 7.05 Å². The van der Waals surface area contributed by atoms with Crippen molar-refractivity contribution < 1.29 is 9.26 Å². The molecular weight excluding hydrogens is 308 g/mol. The Hall–Kier alpha value is -1.67. The third-order valence-corrected chi connectivity index (χ3v) is 3.77. The first-order valence-corrected chi connectivity index (χ1v) is 8.64. The summed E-state index contributed by atoms with van der Waals surface area (Å²) in [5.41, 5.74) is 0. The molecule has 24 heavy (non-hydrogen) atoms. The Morgan fingerprint density at radius 2 is 2.25 bits per heavy atom. The molecule has 0 radical (unpaired) electrons. The average molecular weight is 338 g/mol. The monoisotopic (exact) mass is 338 g/mol.